The lowest BCUT2D eigenvalue weighted by atomic mass is 10.0. The van der Waals surface area contributed by atoms with Crippen molar-refractivity contribution in [2.45, 2.75) is 70.9 Å². The van der Waals surface area contributed by atoms with Crippen LogP contribution in [0.3, 0.4) is 0 Å². The molecule has 32 heavy (non-hydrogen) atoms. The quantitative estimate of drug-likeness (QED) is 0.731. The summed E-state index contributed by atoms with van der Waals surface area (Å²) in [5.74, 6) is 0.592. The van der Waals surface area contributed by atoms with Crippen molar-refractivity contribution in [1.82, 2.24) is 15.1 Å². The molecule has 0 radical (unpaired) electrons. The molecule has 2 fully saturated rings. The van der Waals surface area contributed by atoms with Crippen LogP contribution in [-0.2, 0) is 20.7 Å². The van der Waals surface area contributed by atoms with Crippen molar-refractivity contribution in [2.75, 3.05) is 26.2 Å². The molecule has 1 N–H and O–H groups in total. The number of hydrogen-bond acceptors (Lipinski definition) is 4. The minimum absolute atomic E-state index is 0.136. The van der Waals surface area contributed by atoms with E-state index < -0.39 is 17.7 Å². The van der Waals surface area contributed by atoms with E-state index in [1.54, 1.807) is 25.7 Å². The summed E-state index contributed by atoms with van der Waals surface area (Å²) in [6, 6.07) is 8.92. The van der Waals surface area contributed by atoms with E-state index in [-0.39, 0.29) is 11.8 Å². The maximum atomic E-state index is 13.3. The first-order chi connectivity index (χ1) is 15.2. The molecule has 1 aliphatic carbocycles. The summed E-state index contributed by atoms with van der Waals surface area (Å²) in [5, 5.41) is 2.77. The molecule has 7 heteroatoms. The largest absolute Gasteiger partial charge is 0.444 e. The molecule has 176 valence electrons. The van der Waals surface area contributed by atoms with E-state index in [2.05, 4.69) is 5.32 Å². The highest BCUT2D eigenvalue weighted by atomic mass is 16.6. The van der Waals surface area contributed by atoms with Gasteiger partial charge in [0.05, 0.1) is 0 Å². The zero-order chi connectivity index (χ0) is 23.1. The van der Waals surface area contributed by atoms with E-state index >= 15 is 0 Å². The molecular formula is C25H37N3O4. The molecule has 1 aromatic carbocycles. The summed E-state index contributed by atoms with van der Waals surface area (Å²) >= 11 is 0. The molecule has 1 saturated heterocycles. The molecule has 3 amide bonds. The number of piperazine rings is 1. The van der Waals surface area contributed by atoms with Gasteiger partial charge in [-0.1, -0.05) is 43.2 Å². The second kappa shape index (κ2) is 10.8. The topological polar surface area (TPSA) is 79.0 Å². The normalized spacial score (nSPS) is 18.3. The Labute approximate surface area is 191 Å². The molecule has 0 aromatic heterocycles. The molecule has 7 nitrogen and oxygen atoms in total. The van der Waals surface area contributed by atoms with Crippen LogP contribution in [0.25, 0.3) is 0 Å². The predicted molar refractivity (Wildman–Crippen MR) is 123 cm³/mol. The van der Waals surface area contributed by atoms with Crippen molar-refractivity contribution < 1.29 is 19.1 Å². The van der Waals surface area contributed by atoms with E-state index in [0.717, 1.165) is 18.4 Å². The minimum atomic E-state index is -0.715. The molecule has 1 heterocycles. The van der Waals surface area contributed by atoms with Gasteiger partial charge in [0, 0.05) is 39.0 Å². The van der Waals surface area contributed by atoms with Crippen LogP contribution in [0.5, 0.6) is 0 Å². The Kier molecular flexibility index (Phi) is 8.15. The number of ether oxygens (including phenoxy) is 1. The molecule has 1 aromatic rings. The fourth-order valence-electron chi connectivity index (χ4n) is 4.49. The maximum absolute atomic E-state index is 13.3. The second-order valence-electron chi connectivity index (χ2n) is 9.95. The lowest BCUT2D eigenvalue weighted by Gasteiger charge is -2.37. The first-order valence-electron chi connectivity index (χ1n) is 11.8. The number of rotatable bonds is 6. The lowest BCUT2D eigenvalue weighted by Crippen LogP contribution is -2.56. The Bertz CT molecular complexity index is 776. The maximum Gasteiger partial charge on any atom is 0.408 e. The Morgan fingerprint density at radius 3 is 2.19 bits per heavy atom. The third-order valence-corrected chi connectivity index (χ3v) is 6.15. The number of alkyl carbamates (subject to hydrolysis) is 1. The van der Waals surface area contributed by atoms with Crippen LogP contribution in [-0.4, -0.2) is 65.5 Å². The van der Waals surface area contributed by atoms with Gasteiger partial charge in [0.25, 0.3) is 0 Å². The van der Waals surface area contributed by atoms with Gasteiger partial charge in [-0.05, 0) is 45.1 Å². The Balaban J connectivity index is 1.58. The van der Waals surface area contributed by atoms with Crippen molar-refractivity contribution in [3.8, 4) is 0 Å². The van der Waals surface area contributed by atoms with E-state index in [1.165, 1.54) is 12.8 Å². The monoisotopic (exact) mass is 443 g/mol. The summed E-state index contributed by atoms with van der Waals surface area (Å²) in [6.45, 7) is 7.43. The number of carbonyl (C=O) groups is 3. The van der Waals surface area contributed by atoms with Gasteiger partial charge in [-0.3, -0.25) is 9.59 Å². The number of hydrogen-bond donors (Lipinski definition) is 1. The third kappa shape index (κ3) is 7.24. The van der Waals surface area contributed by atoms with Gasteiger partial charge < -0.3 is 19.9 Å². The molecule has 0 spiro atoms. The highest BCUT2D eigenvalue weighted by molar-refractivity contribution is 5.86. The van der Waals surface area contributed by atoms with Gasteiger partial charge in [-0.25, -0.2) is 4.79 Å². The summed E-state index contributed by atoms with van der Waals surface area (Å²) in [4.78, 5) is 42.0. The molecule has 1 aliphatic heterocycles. The molecule has 1 saturated carbocycles. The Hall–Kier alpha value is -2.57. The smallest absolute Gasteiger partial charge is 0.408 e. The number of nitrogens with zero attached hydrogens (tertiary/aromatic N) is 2. The lowest BCUT2D eigenvalue weighted by molar-refractivity contribution is -0.141. The van der Waals surface area contributed by atoms with Crippen LogP contribution < -0.4 is 5.32 Å². The Morgan fingerprint density at radius 2 is 1.59 bits per heavy atom. The molecule has 0 bridgehead atoms. The van der Waals surface area contributed by atoms with E-state index in [0.29, 0.717) is 44.9 Å². The highest BCUT2D eigenvalue weighted by Crippen LogP contribution is 2.28. The van der Waals surface area contributed by atoms with Crippen LogP contribution in [0.4, 0.5) is 4.79 Å². The van der Waals surface area contributed by atoms with Crippen LogP contribution in [0.1, 0.15) is 58.4 Å². The van der Waals surface area contributed by atoms with Gasteiger partial charge in [0.2, 0.25) is 11.8 Å². The first-order valence-corrected chi connectivity index (χ1v) is 11.8. The van der Waals surface area contributed by atoms with Crippen molar-refractivity contribution in [2.24, 2.45) is 5.92 Å². The van der Waals surface area contributed by atoms with Crippen LogP contribution in [0, 0.1) is 5.92 Å². The van der Waals surface area contributed by atoms with Crippen molar-refractivity contribution in [3.63, 3.8) is 0 Å². The van der Waals surface area contributed by atoms with Crippen LogP contribution in [0.15, 0.2) is 30.3 Å². The van der Waals surface area contributed by atoms with Gasteiger partial charge >= 0.3 is 6.09 Å². The van der Waals surface area contributed by atoms with E-state index in [4.69, 9.17) is 4.74 Å². The molecular weight excluding hydrogens is 406 g/mol. The van der Waals surface area contributed by atoms with Gasteiger partial charge in [0.1, 0.15) is 11.6 Å². The molecule has 2 aliphatic rings. The van der Waals surface area contributed by atoms with Crippen molar-refractivity contribution in [3.05, 3.63) is 35.9 Å². The number of amides is 3. The summed E-state index contributed by atoms with van der Waals surface area (Å²) in [5.41, 5.74) is 0.322. The van der Waals surface area contributed by atoms with Gasteiger partial charge in [-0.15, -0.1) is 0 Å². The Morgan fingerprint density at radius 1 is 1.00 bits per heavy atom. The number of carbonyl (C=O) groups excluding carboxylic acids is 3. The summed E-state index contributed by atoms with van der Waals surface area (Å²) in [7, 11) is 0. The fraction of sp³-hybridized carbons (Fsp3) is 0.640. The SMILES string of the molecule is CC(C)(C)OC(=O)NC(Cc1ccccc1)C(=O)N1CCN(C(=O)CC2CCCC2)CC1. The predicted octanol–water partition coefficient (Wildman–Crippen LogP) is 3.37. The fourth-order valence-corrected chi connectivity index (χ4v) is 4.49. The van der Waals surface area contributed by atoms with Gasteiger partial charge in [0.15, 0.2) is 0 Å². The summed E-state index contributed by atoms with van der Waals surface area (Å²) in [6.07, 6.45) is 5.19. The number of nitrogens with one attached hydrogen (secondary N) is 1. The van der Waals surface area contributed by atoms with E-state index in [9.17, 15) is 14.4 Å². The minimum Gasteiger partial charge on any atom is -0.444 e. The molecule has 1 atom stereocenters. The zero-order valence-electron chi connectivity index (χ0n) is 19.6. The average molecular weight is 444 g/mol. The molecule has 3 rings (SSSR count). The highest BCUT2D eigenvalue weighted by Gasteiger charge is 2.32. The van der Waals surface area contributed by atoms with E-state index in [1.807, 2.05) is 35.2 Å². The van der Waals surface area contributed by atoms with Crippen molar-refractivity contribution >= 4 is 17.9 Å². The van der Waals surface area contributed by atoms with Crippen LogP contribution in [0.2, 0.25) is 0 Å². The average Bonchev–Trinajstić information content (AvgIpc) is 3.25. The summed E-state index contributed by atoms with van der Waals surface area (Å²) < 4.78 is 5.38. The van der Waals surface area contributed by atoms with Crippen molar-refractivity contribution in [1.29, 1.82) is 0 Å². The zero-order valence-corrected chi connectivity index (χ0v) is 19.6. The standard InChI is InChI=1S/C25H37N3O4/c1-25(2,3)32-24(31)26-21(17-19-9-5-4-6-10-19)23(30)28-15-13-27(14-16-28)22(29)18-20-11-7-8-12-20/h4-6,9-10,20-21H,7-8,11-18H2,1-3H3,(H,26,31). The third-order valence-electron chi connectivity index (χ3n) is 6.15. The number of benzene rings is 1. The van der Waals surface area contributed by atoms with Gasteiger partial charge in [-0.2, -0.15) is 0 Å². The second-order valence-corrected chi connectivity index (χ2v) is 9.95. The first kappa shape index (κ1) is 24.1. The molecule has 1 unspecified atom stereocenters. The van der Waals surface area contributed by atoms with Crippen LogP contribution >= 0.6 is 0 Å².